The second kappa shape index (κ2) is 8.93. The maximum atomic E-state index is 9.49. The van der Waals surface area contributed by atoms with Crippen molar-refractivity contribution in [3.63, 3.8) is 0 Å². The average molecular weight is 271 g/mol. The molecule has 0 aliphatic heterocycles. The highest BCUT2D eigenvalue weighted by Crippen LogP contribution is 2.26. The first-order chi connectivity index (χ1) is 9.09. The zero-order chi connectivity index (χ0) is 14.1. The third-order valence-corrected chi connectivity index (χ3v) is 4.27. The Hall–Kier alpha value is -0.120. The molecule has 2 N–H and O–H groups in total. The van der Waals surface area contributed by atoms with E-state index in [1.807, 2.05) is 0 Å². The minimum atomic E-state index is -0.140. The van der Waals surface area contributed by atoms with Gasteiger partial charge in [-0.25, -0.2) is 0 Å². The van der Waals surface area contributed by atoms with Crippen molar-refractivity contribution >= 4 is 0 Å². The van der Waals surface area contributed by atoms with Crippen LogP contribution in [0, 0.1) is 5.92 Å². The second-order valence-corrected chi connectivity index (χ2v) is 6.51. The lowest BCUT2D eigenvalue weighted by atomic mass is 9.88. The number of nitrogens with one attached hydrogen (secondary N) is 1. The normalized spacial score (nSPS) is 27.2. The van der Waals surface area contributed by atoms with Crippen molar-refractivity contribution in [2.24, 2.45) is 5.92 Å². The molecule has 19 heavy (non-hydrogen) atoms. The molecule has 3 unspecified atom stereocenters. The molecule has 3 nitrogen and oxygen atoms in total. The fourth-order valence-corrected chi connectivity index (χ4v) is 2.89. The van der Waals surface area contributed by atoms with Gasteiger partial charge in [0.05, 0.1) is 12.7 Å². The Bertz CT molecular complexity index is 235. The molecule has 0 aromatic carbocycles. The third-order valence-electron chi connectivity index (χ3n) is 4.27. The van der Waals surface area contributed by atoms with Gasteiger partial charge in [-0.15, -0.1) is 0 Å². The van der Waals surface area contributed by atoms with Crippen LogP contribution >= 0.6 is 0 Å². The average Bonchev–Trinajstić information content (AvgIpc) is 2.42. The van der Waals surface area contributed by atoms with Crippen molar-refractivity contribution in [3.05, 3.63) is 0 Å². The van der Waals surface area contributed by atoms with Gasteiger partial charge >= 0.3 is 0 Å². The molecule has 0 amide bonds. The lowest BCUT2D eigenvalue weighted by Crippen LogP contribution is -2.46. The molecule has 3 atom stereocenters. The Morgan fingerprint density at radius 1 is 1.37 bits per heavy atom. The molecule has 1 fully saturated rings. The molecule has 0 saturated heterocycles. The summed E-state index contributed by atoms with van der Waals surface area (Å²) in [5, 5.41) is 12.9. The summed E-state index contributed by atoms with van der Waals surface area (Å²) in [5.74, 6) is 0.827. The number of hydrogen-bond acceptors (Lipinski definition) is 3. The zero-order valence-corrected chi connectivity index (χ0v) is 13.1. The first-order valence-electron chi connectivity index (χ1n) is 8.07. The van der Waals surface area contributed by atoms with Crippen molar-refractivity contribution in [2.45, 2.75) is 77.4 Å². The van der Waals surface area contributed by atoms with Crippen LogP contribution in [0.1, 0.15) is 65.7 Å². The summed E-state index contributed by atoms with van der Waals surface area (Å²) in [7, 11) is 0. The molecular formula is C16H33NO2. The number of aliphatic hydroxyl groups excluding tert-OH is 1. The second-order valence-electron chi connectivity index (χ2n) is 6.51. The van der Waals surface area contributed by atoms with Gasteiger partial charge in [-0.05, 0) is 51.5 Å². The summed E-state index contributed by atoms with van der Waals surface area (Å²) in [6.45, 7) is 8.59. The molecule has 0 aromatic heterocycles. The summed E-state index contributed by atoms with van der Waals surface area (Å²) in [6.07, 6.45) is 8.73. The topological polar surface area (TPSA) is 41.5 Å². The molecule has 1 aliphatic rings. The van der Waals surface area contributed by atoms with Gasteiger partial charge < -0.3 is 15.2 Å². The van der Waals surface area contributed by atoms with E-state index < -0.39 is 0 Å². The molecule has 1 aliphatic carbocycles. The lowest BCUT2D eigenvalue weighted by molar-refractivity contribution is 0.0101. The SMILES string of the molecule is CCCNC(C)(CO)CCCOC1CCCC(C)C1. The molecule has 0 spiro atoms. The van der Waals surface area contributed by atoms with Crippen LogP contribution in [-0.4, -0.2) is 36.5 Å². The third kappa shape index (κ3) is 6.73. The molecule has 0 heterocycles. The maximum absolute atomic E-state index is 9.49. The van der Waals surface area contributed by atoms with Crippen molar-refractivity contribution in [1.29, 1.82) is 0 Å². The van der Waals surface area contributed by atoms with Gasteiger partial charge in [-0.1, -0.05) is 26.7 Å². The van der Waals surface area contributed by atoms with Gasteiger partial charge in [-0.3, -0.25) is 0 Å². The molecular weight excluding hydrogens is 238 g/mol. The van der Waals surface area contributed by atoms with Gasteiger partial charge in [0.1, 0.15) is 0 Å². The fraction of sp³-hybridized carbons (Fsp3) is 1.00. The van der Waals surface area contributed by atoms with Crippen molar-refractivity contribution in [3.8, 4) is 0 Å². The fourth-order valence-electron chi connectivity index (χ4n) is 2.89. The van der Waals surface area contributed by atoms with E-state index in [-0.39, 0.29) is 12.1 Å². The minimum Gasteiger partial charge on any atom is -0.394 e. The van der Waals surface area contributed by atoms with E-state index in [0.717, 1.165) is 38.3 Å². The highest BCUT2D eigenvalue weighted by Gasteiger charge is 2.22. The Balaban J connectivity index is 2.14. The van der Waals surface area contributed by atoms with E-state index >= 15 is 0 Å². The maximum Gasteiger partial charge on any atom is 0.0610 e. The predicted octanol–water partition coefficient (Wildman–Crippen LogP) is 3.11. The van der Waals surface area contributed by atoms with Gasteiger partial charge in [0.2, 0.25) is 0 Å². The minimum absolute atomic E-state index is 0.140. The van der Waals surface area contributed by atoms with Crippen LogP contribution in [0.2, 0.25) is 0 Å². The summed E-state index contributed by atoms with van der Waals surface area (Å²) < 4.78 is 5.99. The van der Waals surface area contributed by atoms with Crippen LogP contribution in [0.25, 0.3) is 0 Å². The summed E-state index contributed by atoms with van der Waals surface area (Å²) in [5.41, 5.74) is -0.140. The van der Waals surface area contributed by atoms with Crippen LogP contribution in [0.5, 0.6) is 0 Å². The van der Waals surface area contributed by atoms with Crippen LogP contribution < -0.4 is 5.32 Å². The monoisotopic (exact) mass is 271 g/mol. The van der Waals surface area contributed by atoms with Crippen LogP contribution in [0.4, 0.5) is 0 Å². The smallest absolute Gasteiger partial charge is 0.0610 e. The van der Waals surface area contributed by atoms with E-state index in [4.69, 9.17) is 4.74 Å². The molecule has 0 radical (unpaired) electrons. The van der Waals surface area contributed by atoms with E-state index in [0.29, 0.717) is 6.10 Å². The predicted molar refractivity (Wildman–Crippen MR) is 80.4 cm³/mol. The van der Waals surface area contributed by atoms with Crippen LogP contribution in [0.15, 0.2) is 0 Å². The molecule has 1 saturated carbocycles. The van der Waals surface area contributed by atoms with Crippen molar-refractivity contribution in [1.82, 2.24) is 5.32 Å². The van der Waals surface area contributed by atoms with E-state index in [9.17, 15) is 5.11 Å². The summed E-state index contributed by atoms with van der Waals surface area (Å²) in [6, 6.07) is 0. The highest BCUT2D eigenvalue weighted by molar-refractivity contribution is 4.82. The first kappa shape index (κ1) is 16.9. The number of rotatable bonds is 9. The quantitative estimate of drug-likeness (QED) is 0.633. The molecule has 1 rings (SSSR count). The van der Waals surface area contributed by atoms with Crippen molar-refractivity contribution in [2.75, 3.05) is 19.8 Å². The standard InChI is InChI=1S/C16H33NO2/c1-4-10-17-16(3,13-18)9-6-11-19-15-8-5-7-14(2)12-15/h14-15,17-18H,4-13H2,1-3H3. The van der Waals surface area contributed by atoms with Gasteiger partial charge in [-0.2, -0.15) is 0 Å². The molecule has 0 bridgehead atoms. The lowest BCUT2D eigenvalue weighted by Gasteiger charge is -2.30. The first-order valence-corrected chi connectivity index (χ1v) is 8.07. The molecule has 3 heteroatoms. The van der Waals surface area contributed by atoms with Crippen LogP contribution in [0.3, 0.4) is 0 Å². The van der Waals surface area contributed by atoms with Gasteiger partial charge in [0.25, 0.3) is 0 Å². The highest BCUT2D eigenvalue weighted by atomic mass is 16.5. The molecule has 0 aromatic rings. The Kier molecular flexibility index (Phi) is 7.96. The Labute approximate surface area is 119 Å². The van der Waals surface area contributed by atoms with Gasteiger partial charge in [0.15, 0.2) is 0 Å². The van der Waals surface area contributed by atoms with Crippen LogP contribution in [-0.2, 0) is 4.74 Å². The molecule has 114 valence electrons. The van der Waals surface area contributed by atoms with Crippen molar-refractivity contribution < 1.29 is 9.84 Å². The largest absolute Gasteiger partial charge is 0.394 e. The Morgan fingerprint density at radius 3 is 2.79 bits per heavy atom. The summed E-state index contributed by atoms with van der Waals surface area (Å²) >= 11 is 0. The zero-order valence-electron chi connectivity index (χ0n) is 13.1. The van der Waals surface area contributed by atoms with Gasteiger partial charge in [0, 0.05) is 12.1 Å². The number of aliphatic hydroxyl groups is 1. The summed E-state index contributed by atoms with van der Waals surface area (Å²) in [4.78, 5) is 0. The van der Waals surface area contributed by atoms with E-state index in [1.165, 1.54) is 25.7 Å². The van der Waals surface area contributed by atoms with E-state index in [2.05, 4.69) is 26.1 Å². The number of ether oxygens (including phenoxy) is 1. The Morgan fingerprint density at radius 2 is 2.16 bits per heavy atom. The number of hydrogen-bond donors (Lipinski definition) is 2. The van der Waals surface area contributed by atoms with E-state index in [1.54, 1.807) is 0 Å².